The minimum Gasteiger partial charge on any atom is -0.387 e. The molecule has 0 spiro atoms. The van der Waals surface area contributed by atoms with Gasteiger partial charge < -0.3 is 16.4 Å². The lowest BCUT2D eigenvalue weighted by molar-refractivity contribution is -0.380. The summed E-state index contributed by atoms with van der Waals surface area (Å²) in [5.74, 6) is -1.48. The highest BCUT2D eigenvalue weighted by Gasteiger charge is 2.21. The zero-order chi connectivity index (χ0) is 27.0. The van der Waals surface area contributed by atoms with Crippen molar-refractivity contribution in [2.24, 2.45) is 5.73 Å². The summed E-state index contributed by atoms with van der Waals surface area (Å²) in [7, 11) is 1.63. The Morgan fingerprint density at radius 3 is 2.63 bits per heavy atom. The van der Waals surface area contributed by atoms with E-state index in [1.54, 1.807) is 25.2 Å². The van der Waals surface area contributed by atoms with E-state index >= 15 is 0 Å². The molecule has 2 aromatic carbocycles. The smallest absolute Gasteiger partial charge is 0.324 e. The van der Waals surface area contributed by atoms with Crippen molar-refractivity contribution in [3.05, 3.63) is 87.2 Å². The molecule has 0 aliphatic rings. The van der Waals surface area contributed by atoms with Crippen LogP contribution in [0.3, 0.4) is 0 Å². The van der Waals surface area contributed by atoms with Gasteiger partial charge in [-0.2, -0.15) is 5.10 Å². The zero-order valence-corrected chi connectivity index (χ0v) is 20.3. The minimum atomic E-state index is -0.626. The third kappa shape index (κ3) is 4.51. The van der Waals surface area contributed by atoms with Gasteiger partial charge in [-0.05, 0) is 36.4 Å². The molecule has 3 heterocycles. The molecule has 4 N–H and O–H groups in total. The van der Waals surface area contributed by atoms with Crippen molar-refractivity contribution in [2.45, 2.75) is 0 Å². The predicted octanol–water partition coefficient (Wildman–Crippen LogP) is 3.98. The van der Waals surface area contributed by atoms with Crippen molar-refractivity contribution in [1.82, 2.24) is 19.7 Å². The minimum absolute atomic E-state index is 0.0821. The van der Waals surface area contributed by atoms with Crippen molar-refractivity contribution >= 4 is 50.7 Å². The highest BCUT2D eigenvalue weighted by molar-refractivity contribution is 7.17. The Hall–Kier alpha value is -5.24. The highest BCUT2D eigenvalue weighted by Crippen LogP contribution is 2.30. The van der Waals surface area contributed by atoms with E-state index in [4.69, 9.17) is 5.73 Å². The number of benzene rings is 2. The summed E-state index contributed by atoms with van der Waals surface area (Å²) in [5, 5.41) is 21.1. The van der Waals surface area contributed by atoms with Crippen LogP contribution in [0.15, 0.2) is 60.8 Å². The molecule has 0 radical (unpaired) electrons. The number of thiophene rings is 1. The topological polar surface area (TPSA) is 171 Å². The second-order valence-electron chi connectivity index (χ2n) is 7.89. The molecule has 3 aromatic heterocycles. The second kappa shape index (κ2) is 9.67. The number of nitrogens with zero attached hydrogens (tertiary/aromatic N) is 5. The van der Waals surface area contributed by atoms with Gasteiger partial charge in [-0.1, -0.05) is 23.5 Å². The van der Waals surface area contributed by atoms with Gasteiger partial charge >= 0.3 is 5.00 Å². The molecule has 0 fully saturated rings. The van der Waals surface area contributed by atoms with Gasteiger partial charge in [0.05, 0.1) is 32.6 Å². The Labute approximate surface area is 217 Å². The molecule has 14 heteroatoms. The molecule has 38 heavy (non-hydrogen) atoms. The number of aromatic nitrogens is 4. The zero-order valence-electron chi connectivity index (χ0n) is 19.5. The number of nitrogens with two attached hydrogens (primary N) is 1. The van der Waals surface area contributed by atoms with E-state index in [1.165, 1.54) is 47.3 Å². The van der Waals surface area contributed by atoms with Crippen LogP contribution in [-0.2, 0) is 0 Å². The summed E-state index contributed by atoms with van der Waals surface area (Å²) in [4.78, 5) is 44.4. The Bertz CT molecular complexity index is 1750. The number of carbonyl (C=O) groups is 2. The molecule has 0 aliphatic carbocycles. The molecule has 0 saturated carbocycles. The van der Waals surface area contributed by atoms with Crippen LogP contribution in [0.4, 0.5) is 20.9 Å². The summed E-state index contributed by atoms with van der Waals surface area (Å²) in [6, 6.07) is 13.0. The quantitative estimate of drug-likeness (QED) is 0.209. The molecule has 0 atom stereocenters. The van der Waals surface area contributed by atoms with Crippen LogP contribution in [0.5, 0.6) is 0 Å². The van der Waals surface area contributed by atoms with Crippen LogP contribution in [0.2, 0.25) is 0 Å². The van der Waals surface area contributed by atoms with E-state index in [-0.39, 0.29) is 32.7 Å². The number of nitrogens with one attached hydrogen (secondary N) is 2. The first-order chi connectivity index (χ1) is 18.2. The van der Waals surface area contributed by atoms with E-state index in [0.717, 1.165) is 11.3 Å². The molecule has 0 bridgehead atoms. The van der Waals surface area contributed by atoms with E-state index in [1.807, 2.05) is 0 Å². The molecule has 0 saturated heterocycles. The third-order valence-electron chi connectivity index (χ3n) is 5.52. The number of primary amides is 1. The average molecular weight is 533 g/mol. The molecule has 0 unspecified atom stereocenters. The van der Waals surface area contributed by atoms with Gasteiger partial charge in [0.25, 0.3) is 11.8 Å². The number of halogens is 1. The van der Waals surface area contributed by atoms with Crippen LogP contribution in [0.1, 0.15) is 20.0 Å². The van der Waals surface area contributed by atoms with Crippen molar-refractivity contribution in [3.63, 3.8) is 0 Å². The number of fused-ring (bicyclic) bond motifs is 1. The Morgan fingerprint density at radius 1 is 1.13 bits per heavy atom. The molecular weight excluding hydrogens is 515 g/mol. The number of hydrogen-bond donors (Lipinski definition) is 3. The maximum atomic E-state index is 14.0. The predicted molar refractivity (Wildman–Crippen MR) is 139 cm³/mol. The number of anilines is 2. The van der Waals surface area contributed by atoms with Crippen molar-refractivity contribution in [3.8, 4) is 17.1 Å². The summed E-state index contributed by atoms with van der Waals surface area (Å²) < 4.78 is 15.4. The fourth-order valence-corrected chi connectivity index (χ4v) is 4.47. The van der Waals surface area contributed by atoms with Crippen molar-refractivity contribution in [1.29, 1.82) is 0 Å². The first-order valence-corrected chi connectivity index (χ1v) is 11.8. The van der Waals surface area contributed by atoms with Crippen LogP contribution in [0, 0.1) is 15.9 Å². The standard InChI is InChI=1S/C24H17FN8O4S/c1-27-17-9-12(5-6-15(17)20(26)34)21-29-22(31-24(35)18-7-8-19(38-18)33(36)37)16-11-28-32(23(16)30-21)14-4-2-3-13(25)10-14/h2-11,27H,1H3,(H2,26,34)(H,29,30,31,35). The lowest BCUT2D eigenvalue weighted by atomic mass is 10.1. The van der Waals surface area contributed by atoms with E-state index < -0.39 is 22.6 Å². The first-order valence-electron chi connectivity index (χ1n) is 10.9. The van der Waals surface area contributed by atoms with E-state index in [2.05, 4.69) is 25.7 Å². The third-order valence-corrected chi connectivity index (χ3v) is 6.56. The Balaban J connectivity index is 1.66. The van der Waals surface area contributed by atoms with Crippen LogP contribution in [0.25, 0.3) is 28.1 Å². The van der Waals surface area contributed by atoms with E-state index in [9.17, 15) is 24.1 Å². The molecule has 2 amide bonds. The average Bonchev–Trinajstić information content (AvgIpc) is 3.56. The van der Waals surface area contributed by atoms with Crippen LogP contribution < -0.4 is 16.4 Å². The van der Waals surface area contributed by atoms with Crippen LogP contribution >= 0.6 is 11.3 Å². The van der Waals surface area contributed by atoms with Crippen molar-refractivity contribution < 1.29 is 18.9 Å². The van der Waals surface area contributed by atoms with Gasteiger partial charge in [0.1, 0.15) is 11.6 Å². The molecule has 5 aromatic rings. The number of amides is 2. The maximum Gasteiger partial charge on any atom is 0.324 e. The van der Waals surface area contributed by atoms with Gasteiger partial charge in [-0.25, -0.2) is 19.0 Å². The Morgan fingerprint density at radius 2 is 1.95 bits per heavy atom. The molecule has 190 valence electrons. The lowest BCUT2D eigenvalue weighted by Gasteiger charge is -2.11. The van der Waals surface area contributed by atoms with Gasteiger partial charge in [0, 0.05) is 24.4 Å². The number of carbonyl (C=O) groups excluding carboxylic acids is 2. The number of rotatable bonds is 7. The number of hydrogen-bond acceptors (Lipinski definition) is 9. The highest BCUT2D eigenvalue weighted by atomic mass is 32.1. The molecule has 5 rings (SSSR count). The summed E-state index contributed by atoms with van der Waals surface area (Å²) in [6.07, 6.45) is 1.42. The van der Waals surface area contributed by atoms with Crippen molar-refractivity contribution in [2.75, 3.05) is 17.7 Å². The largest absolute Gasteiger partial charge is 0.387 e. The summed E-state index contributed by atoms with van der Waals surface area (Å²) >= 11 is 0.718. The van der Waals surface area contributed by atoms with Gasteiger partial charge in [0.15, 0.2) is 11.5 Å². The molecule has 12 nitrogen and oxygen atoms in total. The van der Waals surface area contributed by atoms with E-state index in [0.29, 0.717) is 22.3 Å². The summed E-state index contributed by atoms with van der Waals surface area (Å²) in [6.45, 7) is 0. The maximum absolute atomic E-state index is 14.0. The fraction of sp³-hybridized carbons (Fsp3) is 0.0417. The first kappa shape index (κ1) is 24.5. The SMILES string of the molecule is CNc1cc(-c2nc(NC(=O)c3ccc([N+](=O)[O-])s3)c3cnn(-c4cccc(F)c4)c3n2)ccc1C(N)=O. The normalized spacial score (nSPS) is 10.9. The fourth-order valence-electron chi connectivity index (χ4n) is 3.75. The van der Waals surface area contributed by atoms with Gasteiger partial charge in [0.2, 0.25) is 0 Å². The molecule has 0 aliphatic heterocycles. The lowest BCUT2D eigenvalue weighted by Crippen LogP contribution is -2.14. The van der Waals surface area contributed by atoms with Gasteiger partial charge in [-0.3, -0.25) is 19.7 Å². The Kier molecular flexibility index (Phi) is 6.22. The van der Waals surface area contributed by atoms with Crippen LogP contribution in [-0.4, -0.2) is 43.5 Å². The number of nitro groups is 1. The monoisotopic (exact) mass is 532 g/mol. The summed E-state index contributed by atoms with van der Waals surface area (Å²) in [5.41, 5.74) is 7.28. The molecular formula is C24H17FN8O4S. The second-order valence-corrected chi connectivity index (χ2v) is 8.96. The van der Waals surface area contributed by atoms with Gasteiger partial charge in [-0.15, -0.1) is 0 Å².